The molecule has 6 heteroatoms. The minimum atomic E-state index is -1.11. The summed E-state index contributed by atoms with van der Waals surface area (Å²) in [6.45, 7) is 2.04. The van der Waals surface area contributed by atoms with Gasteiger partial charge in [-0.1, -0.05) is 58.4 Å². The zero-order valence-corrected chi connectivity index (χ0v) is 14.7. The van der Waals surface area contributed by atoms with E-state index >= 15 is 0 Å². The SMILES string of the molecule is Cc1ccc(CC(NC(=O)OCc2ccccc2)C(=O)O)c(Br)c1. The zero-order chi connectivity index (χ0) is 17.5. The van der Waals surface area contributed by atoms with Gasteiger partial charge in [0, 0.05) is 10.9 Å². The summed E-state index contributed by atoms with van der Waals surface area (Å²) in [6, 6.07) is 13.8. The van der Waals surface area contributed by atoms with Crippen molar-refractivity contribution in [2.75, 3.05) is 0 Å². The van der Waals surface area contributed by atoms with E-state index in [1.807, 2.05) is 55.5 Å². The van der Waals surface area contributed by atoms with Gasteiger partial charge < -0.3 is 15.2 Å². The van der Waals surface area contributed by atoms with Gasteiger partial charge in [-0.2, -0.15) is 0 Å². The fourth-order valence-electron chi connectivity index (χ4n) is 2.14. The molecule has 1 atom stereocenters. The third-order valence-corrected chi connectivity index (χ3v) is 4.17. The molecule has 0 heterocycles. The Bertz CT molecular complexity index is 718. The minimum absolute atomic E-state index is 0.0905. The standard InChI is InChI=1S/C18H18BrNO4/c1-12-7-8-14(15(19)9-12)10-16(17(21)22)20-18(23)24-11-13-5-3-2-4-6-13/h2-9,16H,10-11H2,1H3,(H,20,23)(H,21,22). The van der Waals surface area contributed by atoms with E-state index in [9.17, 15) is 14.7 Å². The van der Waals surface area contributed by atoms with E-state index in [-0.39, 0.29) is 13.0 Å². The average molecular weight is 392 g/mol. The fraction of sp³-hybridized carbons (Fsp3) is 0.222. The van der Waals surface area contributed by atoms with Crippen molar-refractivity contribution in [2.45, 2.75) is 26.0 Å². The molecule has 0 fully saturated rings. The second-order valence-corrected chi connectivity index (χ2v) is 6.25. The Hall–Kier alpha value is -2.34. The van der Waals surface area contributed by atoms with Gasteiger partial charge in [-0.15, -0.1) is 0 Å². The predicted molar refractivity (Wildman–Crippen MR) is 93.8 cm³/mol. The minimum Gasteiger partial charge on any atom is -0.480 e. The highest BCUT2D eigenvalue weighted by molar-refractivity contribution is 9.10. The summed E-state index contributed by atoms with van der Waals surface area (Å²) in [4.78, 5) is 23.3. The highest BCUT2D eigenvalue weighted by Crippen LogP contribution is 2.20. The van der Waals surface area contributed by atoms with Crippen molar-refractivity contribution in [3.8, 4) is 0 Å². The number of carbonyl (C=O) groups excluding carboxylic acids is 1. The van der Waals surface area contributed by atoms with Crippen molar-refractivity contribution >= 4 is 28.0 Å². The number of alkyl carbamates (subject to hydrolysis) is 1. The number of amides is 1. The summed E-state index contributed by atoms with van der Waals surface area (Å²) in [7, 11) is 0. The number of hydrogen-bond acceptors (Lipinski definition) is 3. The second kappa shape index (κ2) is 8.49. The molecule has 1 unspecified atom stereocenters. The summed E-state index contributed by atoms with van der Waals surface area (Å²) in [6.07, 6.45) is -0.592. The van der Waals surface area contributed by atoms with Gasteiger partial charge in [-0.3, -0.25) is 0 Å². The lowest BCUT2D eigenvalue weighted by Crippen LogP contribution is -2.42. The number of nitrogens with one attached hydrogen (secondary N) is 1. The molecule has 2 aromatic rings. The van der Waals surface area contributed by atoms with E-state index in [2.05, 4.69) is 21.2 Å². The summed E-state index contributed by atoms with van der Waals surface area (Å²) in [5.74, 6) is -1.11. The molecule has 0 aliphatic heterocycles. The normalized spacial score (nSPS) is 11.6. The molecule has 2 N–H and O–H groups in total. The predicted octanol–water partition coefficient (Wildman–Crippen LogP) is 3.68. The smallest absolute Gasteiger partial charge is 0.408 e. The van der Waals surface area contributed by atoms with Crippen LogP contribution in [-0.4, -0.2) is 23.2 Å². The Morgan fingerprint density at radius 2 is 1.92 bits per heavy atom. The molecule has 2 aromatic carbocycles. The maximum Gasteiger partial charge on any atom is 0.408 e. The molecule has 0 aliphatic rings. The number of carboxylic acid groups (broad SMARTS) is 1. The molecule has 0 saturated heterocycles. The van der Waals surface area contributed by atoms with Crippen LogP contribution in [0.15, 0.2) is 53.0 Å². The average Bonchev–Trinajstić information content (AvgIpc) is 2.55. The number of rotatable bonds is 6. The van der Waals surface area contributed by atoms with Gasteiger partial charge in [0.2, 0.25) is 0 Å². The van der Waals surface area contributed by atoms with E-state index < -0.39 is 18.1 Å². The zero-order valence-electron chi connectivity index (χ0n) is 13.2. The van der Waals surface area contributed by atoms with Crippen LogP contribution in [0.3, 0.4) is 0 Å². The molecule has 1 amide bonds. The Balaban J connectivity index is 1.95. The van der Waals surface area contributed by atoms with E-state index in [1.165, 1.54) is 0 Å². The fourth-order valence-corrected chi connectivity index (χ4v) is 2.80. The number of aliphatic carboxylic acids is 1. The largest absolute Gasteiger partial charge is 0.480 e. The van der Waals surface area contributed by atoms with Crippen LogP contribution in [-0.2, 0) is 22.6 Å². The van der Waals surface area contributed by atoms with Crippen molar-refractivity contribution in [3.63, 3.8) is 0 Å². The first-order valence-electron chi connectivity index (χ1n) is 7.41. The molecule has 0 aliphatic carbocycles. The van der Waals surface area contributed by atoms with Crippen LogP contribution in [0.2, 0.25) is 0 Å². The third-order valence-electron chi connectivity index (χ3n) is 3.44. The number of carboxylic acids is 1. The number of ether oxygens (including phenoxy) is 1. The van der Waals surface area contributed by atoms with E-state index in [4.69, 9.17) is 4.74 Å². The van der Waals surface area contributed by atoms with Crippen LogP contribution >= 0.6 is 15.9 Å². The molecular weight excluding hydrogens is 374 g/mol. The summed E-state index contributed by atoms with van der Waals surface area (Å²) in [5, 5.41) is 11.7. The molecule has 0 spiro atoms. The number of benzene rings is 2. The van der Waals surface area contributed by atoms with E-state index in [0.717, 1.165) is 21.2 Å². The van der Waals surface area contributed by atoms with Gasteiger partial charge in [0.1, 0.15) is 12.6 Å². The van der Waals surface area contributed by atoms with Crippen molar-refractivity contribution in [1.29, 1.82) is 0 Å². The lowest BCUT2D eigenvalue weighted by atomic mass is 10.0. The highest BCUT2D eigenvalue weighted by Gasteiger charge is 2.22. The molecular formula is C18H18BrNO4. The van der Waals surface area contributed by atoms with Gasteiger partial charge >= 0.3 is 12.1 Å². The summed E-state index contributed by atoms with van der Waals surface area (Å²) in [5.41, 5.74) is 2.70. The van der Waals surface area contributed by atoms with Gasteiger partial charge in [0.15, 0.2) is 0 Å². The molecule has 0 aromatic heterocycles. The van der Waals surface area contributed by atoms with Crippen LogP contribution in [0.1, 0.15) is 16.7 Å². The van der Waals surface area contributed by atoms with Crippen LogP contribution < -0.4 is 5.32 Å². The monoisotopic (exact) mass is 391 g/mol. The Kier molecular flexibility index (Phi) is 6.37. The van der Waals surface area contributed by atoms with Crippen LogP contribution in [0.25, 0.3) is 0 Å². The number of halogens is 1. The molecule has 0 bridgehead atoms. The second-order valence-electron chi connectivity index (χ2n) is 5.40. The highest BCUT2D eigenvalue weighted by atomic mass is 79.9. The first-order chi connectivity index (χ1) is 11.5. The lowest BCUT2D eigenvalue weighted by molar-refractivity contribution is -0.139. The molecule has 0 saturated carbocycles. The lowest BCUT2D eigenvalue weighted by Gasteiger charge is -2.16. The topological polar surface area (TPSA) is 75.6 Å². The summed E-state index contributed by atoms with van der Waals surface area (Å²) >= 11 is 3.42. The van der Waals surface area contributed by atoms with Crippen molar-refractivity contribution in [1.82, 2.24) is 5.32 Å². The van der Waals surface area contributed by atoms with Crippen LogP contribution in [0.5, 0.6) is 0 Å². The Morgan fingerprint density at radius 3 is 2.54 bits per heavy atom. The van der Waals surface area contributed by atoms with Gasteiger partial charge in [0.25, 0.3) is 0 Å². The third kappa shape index (κ3) is 5.38. The van der Waals surface area contributed by atoms with Crippen molar-refractivity contribution < 1.29 is 19.4 Å². The Labute approximate surface area is 148 Å². The first-order valence-corrected chi connectivity index (χ1v) is 8.20. The number of aryl methyl sites for hydroxylation is 1. The van der Waals surface area contributed by atoms with Crippen molar-refractivity contribution in [2.24, 2.45) is 0 Å². The number of hydrogen-bond donors (Lipinski definition) is 2. The molecule has 0 radical (unpaired) electrons. The van der Waals surface area contributed by atoms with Gasteiger partial charge in [-0.05, 0) is 29.7 Å². The van der Waals surface area contributed by atoms with Gasteiger partial charge in [-0.25, -0.2) is 9.59 Å². The van der Waals surface area contributed by atoms with Crippen molar-refractivity contribution in [3.05, 3.63) is 69.7 Å². The van der Waals surface area contributed by atoms with Crippen LogP contribution in [0.4, 0.5) is 4.79 Å². The Morgan fingerprint density at radius 1 is 1.21 bits per heavy atom. The summed E-state index contributed by atoms with van der Waals surface area (Å²) < 4.78 is 5.88. The first kappa shape index (κ1) is 18.0. The van der Waals surface area contributed by atoms with Gasteiger partial charge in [0.05, 0.1) is 0 Å². The molecule has 5 nitrogen and oxygen atoms in total. The molecule has 2 rings (SSSR count). The number of carbonyl (C=O) groups is 2. The molecule has 24 heavy (non-hydrogen) atoms. The van der Waals surface area contributed by atoms with E-state index in [0.29, 0.717) is 0 Å². The maximum atomic E-state index is 11.9. The van der Waals surface area contributed by atoms with Crippen LogP contribution in [0, 0.1) is 6.92 Å². The maximum absolute atomic E-state index is 11.9. The van der Waals surface area contributed by atoms with E-state index in [1.54, 1.807) is 0 Å². The molecule has 126 valence electrons. The quantitative estimate of drug-likeness (QED) is 0.787.